The minimum atomic E-state index is -0.327. The number of pyridine rings is 1. The van der Waals surface area contributed by atoms with Gasteiger partial charge in [-0.05, 0) is 24.2 Å². The molecule has 5 nitrogen and oxygen atoms in total. The van der Waals surface area contributed by atoms with Gasteiger partial charge in [-0.3, -0.25) is 9.59 Å². The number of benzene rings is 1. The van der Waals surface area contributed by atoms with Crippen molar-refractivity contribution in [3.8, 4) is 0 Å². The first-order valence-electron chi connectivity index (χ1n) is 6.50. The van der Waals surface area contributed by atoms with Gasteiger partial charge in [0.1, 0.15) is 5.69 Å². The lowest BCUT2D eigenvalue weighted by molar-refractivity contribution is 0.102. The highest BCUT2D eigenvalue weighted by molar-refractivity contribution is 6.03. The van der Waals surface area contributed by atoms with E-state index in [1.807, 2.05) is 31.2 Å². The average molecular weight is 271 g/mol. The van der Waals surface area contributed by atoms with Crippen molar-refractivity contribution in [1.29, 1.82) is 0 Å². The van der Waals surface area contributed by atoms with Crippen molar-refractivity contribution < 1.29 is 4.79 Å². The molecule has 0 unspecified atom stereocenters. The molecule has 0 fully saturated rings. The molecule has 104 valence electrons. The molecule has 1 amide bonds. The Morgan fingerprint density at radius 2 is 1.95 bits per heavy atom. The van der Waals surface area contributed by atoms with Crippen LogP contribution < -0.4 is 16.2 Å². The number of carbonyl (C=O) groups is 1. The van der Waals surface area contributed by atoms with E-state index in [0.29, 0.717) is 6.54 Å². The van der Waals surface area contributed by atoms with Crippen molar-refractivity contribution in [3.63, 3.8) is 0 Å². The van der Waals surface area contributed by atoms with E-state index in [-0.39, 0.29) is 17.2 Å². The number of hydrogen-bond donors (Lipinski definition) is 3. The minimum absolute atomic E-state index is 0.246. The number of rotatable bonds is 5. The van der Waals surface area contributed by atoms with E-state index in [2.05, 4.69) is 15.6 Å². The van der Waals surface area contributed by atoms with Crippen LogP contribution >= 0.6 is 0 Å². The van der Waals surface area contributed by atoms with Crippen LogP contribution in [0.5, 0.6) is 0 Å². The summed E-state index contributed by atoms with van der Waals surface area (Å²) in [5.74, 6) is -0.327. The summed E-state index contributed by atoms with van der Waals surface area (Å²) in [5, 5.41) is 6.03. The summed E-state index contributed by atoms with van der Waals surface area (Å²) in [6, 6.07) is 12.1. The highest BCUT2D eigenvalue weighted by atomic mass is 16.2. The molecule has 1 aromatic heterocycles. The van der Waals surface area contributed by atoms with Crippen LogP contribution in [0.3, 0.4) is 0 Å². The Morgan fingerprint density at radius 3 is 2.70 bits per heavy atom. The second kappa shape index (κ2) is 6.68. The summed E-state index contributed by atoms with van der Waals surface area (Å²) in [5.41, 5.74) is 1.69. The third kappa shape index (κ3) is 3.55. The highest BCUT2D eigenvalue weighted by Gasteiger charge is 2.09. The number of aromatic amines is 1. The molecule has 1 aromatic carbocycles. The maximum absolute atomic E-state index is 12.1. The number of hydrogen-bond acceptors (Lipinski definition) is 3. The average Bonchev–Trinajstić information content (AvgIpc) is 2.46. The van der Waals surface area contributed by atoms with Gasteiger partial charge in [-0.2, -0.15) is 0 Å². The third-order valence-electron chi connectivity index (χ3n) is 2.84. The zero-order valence-electron chi connectivity index (χ0n) is 11.3. The summed E-state index contributed by atoms with van der Waals surface area (Å²) < 4.78 is 0. The lowest BCUT2D eigenvalue weighted by atomic mass is 10.1. The molecule has 3 N–H and O–H groups in total. The predicted octanol–water partition coefficient (Wildman–Crippen LogP) is 1.74. The lowest BCUT2D eigenvalue weighted by Gasteiger charge is -2.11. The molecule has 0 atom stereocenters. The number of aromatic nitrogens is 1. The molecule has 20 heavy (non-hydrogen) atoms. The summed E-state index contributed by atoms with van der Waals surface area (Å²) in [4.78, 5) is 25.8. The van der Waals surface area contributed by atoms with E-state index in [0.717, 1.165) is 17.8 Å². The van der Waals surface area contributed by atoms with Crippen LogP contribution in [0.2, 0.25) is 0 Å². The molecule has 1 heterocycles. The second-order valence-corrected chi connectivity index (χ2v) is 4.32. The van der Waals surface area contributed by atoms with Crippen LogP contribution in [0.25, 0.3) is 0 Å². The number of para-hydroxylation sites is 1. The van der Waals surface area contributed by atoms with Crippen LogP contribution in [0.1, 0.15) is 23.0 Å². The smallest absolute Gasteiger partial charge is 0.272 e. The molecule has 2 aromatic rings. The van der Waals surface area contributed by atoms with Crippen molar-refractivity contribution in [2.45, 2.75) is 13.5 Å². The van der Waals surface area contributed by atoms with Crippen LogP contribution in [0, 0.1) is 0 Å². The highest BCUT2D eigenvalue weighted by Crippen LogP contribution is 2.15. The molecule has 0 bridgehead atoms. The quantitative estimate of drug-likeness (QED) is 0.775. The van der Waals surface area contributed by atoms with Crippen molar-refractivity contribution in [2.75, 3.05) is 11.9 Å². The Kier molecular flexibility index (Phi) is 4.68. The molecular formula is C15H17N3O2. The topological polar surface area (TPSA) is 74.0 Å². The molecule has 0 aliphatic carbocycles. The fourth-order valence-corrected chi connectivity index (χ4v) is 1.83. The molecule has 0 spiro atoms. The Bertz CT molecular complexity index is 649. The second-order valence-electron chi connectivity index (χ2n) is 4.32. The minimum Gasteiger partial charge on any atom is -0.320 e. The van der Waals surface area contributed by atoms with Crippen LogP contribution in [-0.4, -0.2) is 17.4 Å². The first-order valence-corrected chi connectivity index (χ1v) is 6.50. The summed E-state index contributed by atoms with van der Waals surface area (Å²) in [6.07, 6.45) is 0. The Labute approximate surface area is 117 Å². The molecule has 5 heteroatoms. The lowest BCUT2D eigenvalue weighted by Crippen LogP contribution is -2.20. The Hall–Kier alpha value is -2.40. The maximum atomic E-state index is 12.1. The fraction of sp³-hybridized carbons (Fsp3) is 0.200. The summed E-state index contributed by atoms with van der Waals surface area (Å²) >= 11 is 0. The van der Waals surface area contributed by atoms with Gasteiger partial charge in [-0.25, -0.2) is 0 Å². The van der Waals surface area contributed by atoms with E-state index in [1.165, 1.54) is 6.07 Å². The Morgan fingerprint density at radius 1 is 1.15 bits per heavy atom. The molecule has 0 aliphatic heterocycles. The van der Waals surface area contributed by atoms with Gasteiger partial charge in [-0.1, -0.05) is 31.2 Å². The van der Waals surface area contributed by atoms with Crippen LogP contribution in [0.15, 0.2) is 47.3 Å². The van der Waals surface area contributed by atoms with E-state index in [9.17, 15) is 9.59 Å². The summed E-state index contributed by atoms with van der Waals surface area (Å²) in [6.45, 7) is 3.56. The molecule has 0 aliphatic rings. The van der Waals surface area contributed by atoms with Gasteiger partial charge < -0.3 is 15.6 Å². The van der Waals surface area contributed by atoms with E-state index in [1.54, 1.807) is 12.1 Å². The van der Waals surface area contributed by atoms with E-state index in [4.69, 9.17) is 0 Å². The normalized spacial score (nSPS) is 10.2. The van der Waals surface area contributed by atoms with Crippen molar-refractivity contribution in [1.82, 2.24) is 10.3 Å². The van der Waals surface area contributed by atoms with Gasteiger partial charge in [0.05, 0.1) is 0 Å². The van der Waals surface area contributed by atoms with Gasteiger partial charge >= 0.3 is 0 Å². The first-order chi connectivity index (χ1) is 9.70. The molecule has 0 saturated carbocycles. The van der Waals surface area contributed by atoms with Crippen molar-refractivity contribution in [3.05, 3.63) is 64.1 Å². The number of nitrogens with one attached hydrogen (secondary N) is 3. The number of carbonyl (C=O) groups excluding carboxylic acids is 1. The number of H-pyrrole nitrogens is 1. The Balaban J connectivity index is 2.17. The number of amides is 1. The predicted molar refractivity (Wildman–Crippen MR) is 78.8 cm³/mol. The molecule has 2 rings (SSSR count). The monoisotopic (exact) mass is 271 g/mol. The van der Waals surface area contributed by atoms with Gasteiger partial charge in [0.2, 0.25) is 5.56 Å². The standard InChI is InChI=1S/C15H17N3O2/c1-2-16-10-11-6-3-4-7-12(11)18-15(20)13-8-5-9-14(19)17-13/h3-9,16H,2,10H2,1H3,(H,17,19)(H,18,20). The fourth-order valence-electron chi connectivity index (χ4n) is 1.83. The maximum Gasteiger partial charge on any atom is 0.272 e. The summed E-state index contributed by atoms with van der Waals surface area (Å²) in [7, 11) is 0. The zero-order chi connectivity index (χ0) is 14.4. The number of anilines is 1. The molecule has 0 saturated heterocycles. The van der Waals surface area contributed by atoms with E-state index >= 15 is 0 Å². The van der Waals surface area contributed by atoms with Crippen molar-refractivity contribution in [2.24, 2.45) is 0 Å². The molecule has 0 radical (unpaired) electrons. The largest absolute Gasteiger partial charge is 0.320 e. The third-order valence-corrected chi connectivity index (χ3v) is 2.84. The van der Waals surface area contributed by atoms with E-state index < -0.39 is 0 Å². The van der Waals surface area contributed by atoms with Gasteiger partial charge in [0, 0.05) is 18.3 Å². The van der Waals surface area contributed by atoms with Crippen LogP contribution in [-0.2, 0) is 6.54 Å². The van der Waals surface area contributed by atoms with Crippen molar-refractivity contribution >= 4 is 11.6 Å². The SMILES string of the molecule is CCNCc1ccccc1NC(=O)c1cccc(=O)[nH]1. The molecular weight excluding hydrogens is 254 g/mol. The van der Waals surface area contributed by atoms with Crippen LogP contribution in [0.4, 0.5) is 5.69 Å². The van der Waals surface area contributed by atoms with Gasteiger partial charge in [0.15, 0.2) is 0 Å². The first kappa shape index (κ1) is 14.0. The van der Waals surface area contributed by atoms with Gasteiger partial charge in [0.25, 0.3) is 5.91 Å². The zero-order valence-corrected chi connectivity index (χ0v) is 11.3. The van der Waals surface area contributed by atoms with Gasteiger partial charge in [-0.15, -0.1) is 0 Å².